The summed E-state index contributed by atoms with van der Waals surface area (Å²) in [4.78, 5) is 13.0. The highest BCUT2D eigenvalue weighted by molar-refractivity contribution is 6.30. The van der Waals surface area contributed by atoms with E-state index in [0.29, 0.717) is 17.1 Å². The lowest BCUT2D eigenvalue weighted by atomic mass is 9.94. The van der Waals surface area contributed by atoms with Gasteiger partial charge in [-0.3, -0.25) is 9.89 Å². The molecule has 6 heteroatoms. The van der Waals surface area contributed by atoms with Crippen molar-refractivity contribution >= 4 is 17.5 Å². The molecule has 1 aromatic heterocycles. The van der Waals surface area contributed by atoms with Crippen LogP contribution < -0.4 is 11.1 Å². The third-order valence-corrected chi connectivity index (χ3v) is 5.81. The fourth-order valence-corrected chi connectivity index (χ4v) is 3.90. The Morgan fingerprint density at radius 2 is 1.84 bits per heavy atom. The molecule has 4 N–H and O–H groups in total. The highest BCUT2D eigenvalue weighted by atomic mass is 35.5. The second-order valence-corrected chi connectivity index (χ2v) is 8.33. The van der Waals surface area contributed by atoms with E-state index in [9.17, 15) is 4.79 Å². The van der Waals surface area contributed by atoms with Crippen LogP contribution in [0.15, 0.2) is 73.1 Å². The van der Waals surface area contributed by atoms with Gasteiger partial charge in [0, 0.05) is 28.9 Å². The van der Waals surface area contributed by atoms with Gasteiger partial charge in [0.2, 0.25) is 0 Å². The van der Waals surface area contributed by atoms with Crippen LogP contribution in [0.4, 0.5) is 0 Å². The smallest absolute Gasteiger partial charge is 0.252 e. The molecule has 0 saturated carbocycles. The Bertz CT molecular complexity index is 1250. The van der Waals surface area contributed by atoms with Gasteiger partial charge in [0.25, 0.3) is 5.91 Å². The number of amides is 1. The van der Waals surface area contributed by atoms with Crippen molar-refractivity contribution in [1.29, 1.82) is 0 Å². The standard InChI is InChI=1S/C26H25ClN4O/c1-16-6-7-18(13-28)8-25(16)26(32)31-17(2)20-9-21(19-4-3-5-24(27)12-19)11-22(10-20)23-14-29-30-15-23/h3-12,14-15,17H,13,28H2,1-2H3,(H,29,30)(H,31,32). The maximum Gasteiger partial charge on any atom is 0.252 e. The van der Waals surface area contributed by atoms with E-state index in [0.717, 1.165) is 38.9 Å². The largest absolute Gasteiger partial charge is 0.346 e. The highest BCUT2D eigenvalue weighted by Crippen LogP contribution is 2.31. The highest BCUT2D eigenvalue weighted by Gasteiger charge is 2.16. The molecule has 3 aromatic carbocycles. The molecule has 32 heavy (non-hydrogen) atoms. The normalized spacial score (nSPS) is 11.9. The Hall–Kier alpha value is -3.41. The average Bonchev–Trinajstić information content (AvgIpc) is 3.34. The zero-order valence-corrected chi connectivity index (χ0v) is 18.8. The van der Waals surface area contributed by atoms with Gasteiger partial charge in [0.15, 0.2) is 0 Å². The second kappa shape index (κ2) is 9.39. The summed E-state index contributed by atoms with van der Waals surface area (Å²) in [7, 11) is 0. The first-order chi connectivity index (χ1) is 15.4. The number of H-pyrrole nitrogens is 1. The fourth-order valence-electron chi connectivity index (χ4n) is 3.71. The molecule has 1 atom stereocenters. The van der Waals surface area contributed by atoms with Gasteiger partial charge in [0.05, 0.1) is 12.2 Å². The first-order valence-corrected chi connectivity index (χ1v) is 10.8. The lowest BCUT2D eigenvalue weighted by molar-refractivity contribution is 0.0939. The van der Waals surface area contributed by atoms with Crippen molar-refractivity contribution in [3.8, 4) is 22.3 Å². The molecule has 0 aliphatic carbocycles. The lowest BCUT2D eigenvalue weighted by Gasteiger charge is -2.18. The minimum Gasteiger partial charge on any atom is -0.346 e. The molecule has 162 valence electrons. The maximum absolute atomic E-state index is 13.0. The Balaban J connectivity index is 1.70. The molecular weight excluding hydrogens is 420 g/mol. The number of nitrogens with zero attached hydrogens (tertiary/aromatic N) is 1. The predicted octanol–water partition coefficient (Wildman–Crippen LogP) is 5.66. The number of rotatable bonds is 6. The first-order valence-electron chi connectivity index (χ1n) is 10.4. The van der Waals surface area contributed by atoms with Crippen molar-refractivity contribution in [1.82, 2.24) is 15.5 Å². The van der Waals surface area contributed by atoms with E-state index >= 15 is 0 Å². The summed E-state index contributed by atoms with van der Waals surface area (Å²) in [6, 6.07) is 19.5. The van der Waals surface area contributed by atoms with Gasteiger partial charge in [0.1, 0.15) is 0 Å². The van der Waals surface area contributed by atoms with Crippen LogP contribution in [0, 0.1) is 6.92 Å². The number of halogens is 1. The summed E-state index contributed by atoms with van der Waals surface area (Å²) in [5, 5.41) is 10.8. The maximum atomic E-state index is 13.0. The number of nitrogens with one attached hydrogen (secondary N) is 2. The molecule has 0 bridgehead atoms. The van der Waals surface area contributed by atoms with Crippen molar-refractivity contribution in [3.63, 3.8) is 0 Å². The van der Waals surface area contributed by atoms with Crippen molar-refractivity contribution in [3.05, 3.63) is 100 Å². The van der Waals surface area contributed by atoms with E-state index in [2.05, 4.69) is 33.7 Å². The monoisotopic (exact) mass is 444 g/mol. The second-order valence-electron chi connectivity index (χ2n) is 7.89. The molecule has 0 radical (unpaired) electrons. The van der Waals surface area contributed by atoms with Crippen molar-refractivity contribution in [2.45, 2.75) is 26.4 Å². The summed E-state index contributed by atoms with van der Waals surface area (Å²) in [6.45, 7) is 4.30. The first kappa shape index (κ1) is 21.8. The fraction of sp³-hybridized carbons (Fsp3) is 0.154. The van der Waals surface area contributed by atoms with Gasteiger partial charge < -0.3 is 11.1 Å². The Morgan fingerprint density at radius 3 is 2.53 bits per heavy atom. The van der Waals surface area contributed by atoms with Crippen LogP contribution in [-0.2, 0) is 6.54 Å². The van der Waals surface area contributed by atoms with E-state index in [4.69, 9.17) is 17.3 Å². The van der Waals surface area contributed by atoms with E-state index in [1.54, 1.807) is 6.20 Å². The van der Waals surface area contributed by atoms with Gasteiger partial charge in [-0.05, 0) is 83.6 Å². The van der Waals surface area contributed by atoms with Gasteiger partial charge in [-0.1, -0.05) is 35.9 Å². The SMILES string of the molecule is Cc1ccc(CN)cc1C(=O)NC(C)c1cc(-c2cn[nH]c2)cc(-c2cccc(Cl)c2)c1. The van der Waals surface area contributed by atoms with E-state index in [1.165, 1.54) is 0 Å². The number of carbonyl (C=O) groups excluding carboxylic acids is 1. The summed E-state index contributed by atoms with van der Waals surface area (Å²) in [5.41, 5.74) is 13.2. The third kappa shape index (κ3) is 4.74. The molecule has 4 aromatic rings. The van der Waals surface area contributed by atoms with Crippen LogP contribution in [0.3, 0.4) is 0 Å². The summed E-state index contributed by atoms with van der Waals surface area (Å²) in [5.74, 6) is -0.122. The van der Waals surface area contributed by atoms with Crippen LogP contribution in [0.25, 0.3) is 22.3 Å². The molecule has 0 fully saturated rings. The molecule has 1 heterocycles. The number of aryl methyl sites for hydroxylation is 1. The minimum absolute atomic E-state index is 0.122. The molecule has 5 nitrogen and oxygen atoms in total. The molecule has 0 saturated heterocycles. The number of carbonyl (C=O) groups is 1. The van der Waals surface area contributed by atoms with Crippen LogP contribution in [0.1, 0.15) is 40.0 Å². The van der Waals surface area contributed by atoms with Gasteiger partial charge in [-0.2, -0.15) is 5.10 Å². The number of hydrogen-bond acceptors (Lipinski definition) is 3. The van der Waals surface area contributed by atoms with Gasteiger partial charge in [-0.25, -0.2) is 0 Å². The number of nitrogens with two attached hydrogens (primary N) is 1. The number of hydrogen-bond donors (Lipinski definition) is 3. The molecule has 4 rings (SSSR count). The van der Waals surface area contributed by atoms with E-state index in [1.807, 2.05) is 62.5 Å². The Labute approximate surface area is 192 Å². The summed E-state index contributed by atoms with van der Waals surface area (Å²) >= 11 is 6.23. The van der Waals surface area contributed by atoms with Crippen molar-refractivity contribution < 1.29 is 4.79 Å². The van der Waals surface area contributed by atoms with Gasteiger partial charge >= 0.3 is 0 Å². The third-order valence-electron chi connectivity index (χ3n) is 5.57. The van der Waals surface area contributed by atoms with Crippen LogP contribution in [0.2, 0.25) is 5.02 Å². The summed E-state index contributed by atoms with van der Waals surface area (Å²) in [6.07, 6.45) is 3.64. The van der Waals surface area contributed by atoms with Crippen molar-refractivity contribution in [2.75, 3.05) is 0 Å². The van der Waals surface area contributed by atoms with Crippen molar-refractivity contribution in [2.24, 2.45) is 5.73 Å². The quantitative estimate of drug-likeness (QED) is 0.359. The molecule has 1 unspecified atom stereocenters. The minimum atomic E-state index is -0.215. The predicted molar refractivity (Wildman–Crippen MR) is 129 cm³/mol. The summed E-state index contributed by atoms with van der Waals surface area (Å²) < 4.78 is 0. The van der Waals surface area contributed by atoms with Crippen LogP contribution in [-0.4, -0.2) is 16.1 Å². The molecule has 1 amide bonds. The number of aromatic amines is 1. The van der Waals surface area contributed by atoms with E-state index < -0.39 is 0 Å². The molecule has 0 aliphatic rings. The Kier molecular flexibility index (Phi) is 6.40. The Morgan fingerprint density at radius 1 is 1.06 bits per heavy atom. The van der Waals surface area contributed by atoms with E-state index in [-0.39, 0.29) is 11.9 Å². The number of aromatic nitrogens is 2. The van der Waals surface area contributed by atoms with Crippen LogP contribution in [0.5, 0.6) is 0 Å². The molecular formula is C26H25ClN4O. The zero-order valence-electron chi connectivity index (χ0n) is 18.0. The average molecular weight is 445 g/mol. The van der Waals surface area contributed by atoms with Crippen LogP contribution >= 0.6 is 11.6 Å². The topological polar surface area (TPSA) is 83.8 Å². The number of benzene rings is 3. The molecule has 0 aliphatic heterocycles. The zero-order chi connectivity index (χ0) is 22.7. The molecule has 0 spiro atoms. The lowest BCUT2D eigenvalue weighted by Crippen LogP contribution is -2.27. The van der Waals surface area contributed by atoms with Gasteiger partial charge in [-0.15, -0.1) is 0 Å².